The molecule has 0 saturated carbocycles. The van der Waals surface area contributed by atoms with E-state index in [1.54, 1.807) is 0 Å². The van der Waals surface area contributed by atoms with Crippen molar-refractivity contribution in [2.45, 2.75) is 6.18 Å². The zero-order valence-electron chi connectivity index (χ0n) is 8.76. The molecule has 0 amide bonds. The van der Waals surface area contributed by atoms with Gasteiger partial charge in [0.1, 0.15) is 0 Å². The van der Waals surface area contributed by atoms with Crippen molar-refractivity contribution < 1.29 is 17.9 Å². The second-order valence-corrected chi connectivity index (χ2v) is 3.43. The van der Waals surface area contributed by atoms with Gasteiger partial charge in [0.2, 0.25) is 0 Å². The summed E-state index contributed by atoms with van der Waals surface area (Å²) in [4.78, 5) is 13.6. The van der Waals surface area contributed by atoms with E-state index in [-0.39, 0.29) is 16.7 Å². The number of hydrogen-bond donors (Lipinski definition) is 1. The Bertz CT molecular complexity index is 616. The minimum Gasteiger partial charge on any atom is -0.491 e. The van der Waals surface area contributed by atoms with E-state index in [9.17, 15) is 18.0 Å². The molecule has 1 aromatic carbocycles. The third-order valence-corrected chi connectivity index (χ3v) is 2.37. The lowest BCUT2D eigenvalue weighted by Crippen LogP contribution is -2.13. The smallest absolute Gasteiger partial charge is 0.418 e. The average molecular weight is 243 g/mol. The van der Waals surface area contributed by atoms with Gasteiger partial charge in [0, 0.05) is 5.39 Å². The number of aromatic amines is 1. The van der Waals surface area contributed by atoms with Crippen LogP contribution in [0.25, 0.3) is 10.9 Å². The summed E-state index contributed by atoms with van der Waals surface area (Å²) in [5.74, 6) is -0.0168. The van der Waals surface area contributed by atoms with E-state index in [0.29, 0.717) is 0 Å². The molecule has 0 aliphatic carbocycles. The maximum absolute atomic E-state index is 12.7. The van der Waals surface area contributed by atoms with Crippen LogP contribution >= 0.6 is 0 Å². The summed E-state index contributed by atoms with van der Waals surface area (Å²) < 4.78 is 42.8. The molecule has 0 bridgehead atoms. The second-order valence-electron chi connectivity index (χ2n) is 3.43. The highest BCUT2D eigenvalue weighted by molar-refractivity contribution is 5.83. The van der Waals surface area contributed by atoms with E-state index in [1.165, 1.54) is 25.3 Å². The zero-order valence-corrected chi connectivity index (χ0v) is 8.76. The largest absolute Gasteiger partial charge is 0.491 e. The number of H-pyrrole nitrogens is 1. The van der Waals surface area contributed by atoms with Crippen LogP contribution in [0.1, 0.15) is 5.56 Å². The van der Waals surface area contributed by atoms with Gasteiger partial charge in [0.05, 0.1) is 18.2 Å². The molecule has 0 aliphatic heterocycles. The summed E-state index contributed by atoms with van der Waals surface area (Å²) in [5.41, 5.74) is -1.78. The monoisotopic (exact) mass is 243 g/mol. The molecular weight excluding hydrogens is 235 g/mol. The summed E-state index contributed by atoms with van der Waals surface area (Å²) in [7, 11) is 1.28. The number of alkyl halides is 3. The second kappa shape index (κ2) is 3.80. The van der Waals surface area contributed by atoms with E-state index >= 15 is 0 Å². The van der Waals surface area contributed by atoms with Crippen LogP contribution in [0.15, 0.2) is 29.1 Å². The molecule has 0 unspecified atom stereocenters. The molecule has 2 rings (SSSR count). The Kier molecular flexibility index (Phi) is 2.57. The number of rotatable bonds is 1. The zero-order chi connectivity index (χ0) is 12.6. The summed E-state index contributed by atoms with van der Waals surface area (Å²) >= 11 is 0. The normalized spacial score (nSPS) is 11.8. The quantitative estimate of drug-likeness (QED) is 0.836. The Morgan fingerprint density at radius 2 is 2.00 bits per heavy atom. The minimum absolute atomic E-state index is 0.0168. The Labute approximate surface area is 93.8 Å². The maximum Gasteiger partial charge on any atom is 0.418 e. The first-order valence-electron chi connectivity index (χ1n) is 4.70. The number of pyridine rings is 1. The van der Waals surface area contributed by atoms with Crippen LogP contribution in [0.4, 0.5) is 13.2 Å². The molecule has 0 spiro atoms. The number of aromatic nitrogens is 1. The number of nitrogens with one attached hydrogen (secondary N) is 1. The molecule has 6 heteroatoms. The Morgan fingerprint density at radius 3 is 2.59 bits per heavy atom. The van der Waals surface area contributed by atoms with Crippen LogP contribution in [0.3, 0.4) is 0 Å². The molecule has 1 heterocycles. The van der Waals surface area contributed by atoms with Crippen LogP contribution in [0.2, 0.25) is 0 Å². The molecular formula is C11H8F3NO2. The van der Waals surface area contributed by atoms with Crippen LogP contribution in [-0.2, 0) is 6.18 Å². The topological polar surface area (TPSA) is 42.1 Å². The van der Waals surface area contributed by atoms with Gasteiger partial charge in [-0.2, -0.15) is 13.2 Å². The maximum atomic E-state index is 12.7. The SMILES string of the molecule is COc1cc2cccc(C(F)(F)F)c2[nH]c1=O. The number of methoxy groups -OCH3 is 1. The summed E-state index contributed by atoms with van der Waals surface area (Å²) in [6.45, 7) is 0. The van der Waals surface area contributed by atoms with Crippen molar-refractivity contribution in [2.75, 3.05) is 7.11 Å². The molecule has 2 aromatic rings. The highest BCUT2D eigenvalue weighted by atomic mass is 19.4. The number of hydrogen-bond acceptors (Lipinski definition) is 2. The minimum atomic E-state index is -4.50. The first kappa shape index (κ1) is 11.5. The number of benzene rings is 1. The summed E-state index contributed by atoms with van der Waals surface area (Å²) in [5, 5.41) is 0.274. The summed E-state index contributed by atoms with van der Waals surface area (Å²) in [6.07, 6.45) is -4.50. The van der Waals surface area contributed by atoms with E-state index in [2.05, 4.69) is 4.98 Å². The van der Waals surface area contributed by atoms with Crippen LogP contribution < -0.4 is 10.3 Å². The van der Waals surface area contributed by atoms with Crippen molar-refractivity contribution in [3.63, 3.8) is 0 Å². The van der Waals surface area contributed by atoms with Crippen LogP contribution in [0.5, 0.6) is 5.75 Å². The first-order valence-corrected chi connectivity index (χ1v) is 4.70. The van der Waals surface area contributed by atoms with Gasteiger partial charge in [-0.1, -0.05) is 12.1 Å². The van der Waals surface area contributed by atoms with Gasteiger partial charge in [-0.3, -0.25) is 4.79 Å². The molecule has 0 fully saturated rings. The van der Waals surface area contributed by atoms with E-state index in [0.717, 1.165) is 6.07 Å². The molecule has 17 heavy (non-hydrogen) atoms. The predicted molar refractivity (Wildman–Crippen MR) is 56.1 cm³/mol. The third-order valence-electron chi connectivity index (χ3n) is 2.37. The number of para-hydroxylation sites is 1. The van der Waals surface area contributed by atoms with Crippen molar-refractivity contribution in [1.82, 2.24) is 4.98 Å². The third kappa shape index (κ3) is 1.98. The Hall–Kier alpha value is -1.98. The van der Waals surface area contributed by atoms with Crippen molar-refractivity contribution in [1.29, 1.82) is 0 Å². The molecule has 1 N–H and O–H groups in total. The van der Waals surface area contributed by atoms with Gasteiger partial charge in [0.15, 0.2) is 5.75 Å². The lowest BCUT2D eigenvalue weighted by molar-refractivity contribution is -0.136. The lowest BCUT2D eigenvalue weighted by Gasteiger charge is -2.10. The average Bonchev–Trinajstić information content (AvgIpc) is 2.26. The lowest BCUT2D eigenvalue weighted by atomic mass is 10.1. The molecule has 0 saturated heterocycles. The fraction of sp³-hybridized carbons (Fsp3) is 0.182. The molecule has 0 radical (unpaired) electrons. The number of fused-ring (bicyclic) bond motifs is 1. The Morgan fingerprint density at radius 1 is 1.29 bits per heavy atom. The van der Waals surface area contributed by atoms with Crippen molar-refractivity contribution in [3.8, 4) is 5.75 Å². The fourth-order valence-electron chi connectivity index (χ4n) is 1.60. The van der Waals surface area contributed by atoms with Gasteiger partial charge in [0.25, 0.3) is 5.56 Å². The number of halogens is 3. The molecule has 3 nitrogen and oxygen atoms in total. The van der Waals surface area contributed by atoms with Gasteiger partial charge in [-0.15, -0.1) is 0 Å². The highest BCUT2D eigenvalue weighted by Crippen LogP contribution is 2.33. The van der Waals surface area contributed by atoms with Gasteiger partial charge >= 0.3 is 6.18 Å². The summed E-state index contributed by atoms with van der Waals surface area (Å²) in [6, 6.07) is 4.96. The number of ether oxygens (including phenoxy) is 1. The molecule has 0 aliphatic rings. The predicted octanol–water partition coefficient (Wildman–Crippen LogP) is 2.56. The van der Waals surface area contributed by atoms with Gasteiger partial charge in [-0.05, 0) is 12.1 Å². The fourth-order valence-corrected chi connectivity index (χ4v) is 1.60. The van der Waals surface area contributed by atoms with Crippen molar-refractivity contribution >= 4 is 10.9 Å². The van der Waals surface area contributed by atoms with E-state index < -0.39 is 17.3 Å². The van der Waals surface area contributed by atoms with Crippen LogP contribution in [0, 0.1) is 0 Å². The van der Waals surface area contributed by atoms with Gasteiger partial charge in [-0.25, -0.2) is 0 Å². The molecule has 90 valence electrons. The van der Waals surface area contributed by atoms with E-state index in [4.69, 9.17) is 4.74 Å². The Balaban J connectivity index is 2.82. The van der Waals surface area contributed by atoms with Crippen LogP contribution in [-0.4, -0.2) is 12.1 Å². The van der Waals surface area contributed by atoms with Gasteiger partial charge < -0.3 is 9.72 Å². The van der Waals surface area contributed by atoms with Crippen molar-refractivity contribution in [3.05, 3.63) is 40.2 Å². The molecule has 1 aromatic heterocycles. The van der Waals surface area contributed by atoms with E-state index in [1.807, 2.05) is 0 Å². The van der Waals surface area contributed by atoms with Crippen molar-refractivity contribution in [2.24, 2.45) is 0 Å². The standard InChI is InChI=1S/C11H8F3NO2/c1-17-8-5-6-3-2-4-7(11(12,13)14)9(6)15-10(8)16/h2-5H,1H3,(H,15,16). The first-order chi connectivity index (χ1) is 7.93. The molecule has 0 atom stereocenters. The highest BCUT2D eigenvalue weighted by Gasteiger charge is 2.32.